The number of hydrogen-bond donors (Lipinski definition) is 1. The van der Waals surface area contributed by atoms with Gasteiger partial charge in [-0.1, -0.05) is 24.3 Å². The molecule has 0 amide bonds. The number of aliphatic hydroxyl groups is 1. The second-order valence-electron chi connectivity index (χ2n) is 4.11. The van der Waals surface area contributed by atoms with Gasteiger partial charge in [0.2, 0.25) is 0 Å². The first-order valence-electron chi connectivity index (χ1n) is 5.95. The lowest BCUT2D eigenvalue weighted by Gasteiger charge is -2.00. The van der Waals surface area contributed by atoms with Crippen LogP contribution in [0.2, 0.25) is 0 Å². The van der Waals surface area contributed by atoms with Gasteiger partial charge in [-0.25, -0.2) is 4.42 Å². The van der Waals surface area contributed by atoms with Crippen molar-refractivity contribution < 1.29 is 14.3 Å². The van der Waals surface area contributed by atoms with Crippen LogP contribution >= 0.6 is 0 Å². The van der Waals surface area contributed by atoms with Crippen LogP contribution in [0.3, 0.4) is 0 Å². The van der Waals surface area contributed by atoms with Gasteiger partial charge in [0, 0.05) is 0 Å². The van der Waals surface area contributed by atoms with Crippen molar-refractivity contribution in [3.8, 4) is 0 Å². The standard InChI is InChI=1S/C15H16O3/c1-3-6-11-7-4-5-8-12(11)13-9-10-14(18-13)15(16)17-2/h3-5,7-8H,1,6,9-10H2,2H3/p+1/b15-14+. The number of methoxy groups -OCH3 is 1. The lowest BCUT2D eigenvalue weighted by molar-refractivity contribution is -0.207. The Morgan fingerprint density at radius 1 is 1.44 bits per heavy atom. The largest absolute Gasteiger partial charge is 0.474 e. The monoisotopic (exact) mass is 245 g/mol. The summed E-state index contributed by atoms with van der Waals surface area (Å²) in [7, 11) is 1.43. The topological polar surface area (TPSA) is 40.8 Å². The highest BCUT2D eigenvalue weighted by atomic mass is 16.6. The summed E-state index contributed by atoms with van der Waals surface area (Å²) in [6, 6.07) is 8.07. The number of benzene rings is 1. The maximum absolute atomic E-state index is 9.50. The van der Waals surface area contributed by atoms with Crippen molar-refractivity contribution in [2.24, 2.45) is 0 Å². The molecule has 1 heterocycles. The smallest absolute Gasteiger partial charge is 0.409 e. The number of carbonyl (C=O) groups excluding carboxylic acids is 1. The van der Waals surface area contributed by atoms with Crippen molar-refractivity contribution in [3.05, 3.63) is 59.8 Å². The van der Waals surface area contributed by atoms with Crippen LogP contribution in [0.25, 0.3) is 0 Å². The van der Waals surface area contributed by atoms with Crippen LogP contribution < -0.4 is 0 Å². The number of ether oxygens (including phenoxy) is 1. The van der Waals surface area contributed by atoms with E-state index in [0.717, 1.165) is 24.2 Å². The zero-order valence-corrected chi connectivity index (χ0v) is 10.5. The van der Waals surface area contributed by atoms with Gasteiger partial charge in [0.05, 0.1) is 25.5 Å². The average Bonchev–Trinajstić information content (AvgIpc) is 2.88. The Bertz CT molecular complexity index is 512. The number of rotatable bonds is 4. The molecule has 0 aliphatic carbocycles. The Morgan fingerprint density at radius 3 is 2.94 bits per heavy atom. The second kappa shape index (κ2) is 5.54. The quantitative estimate of drug-likeness (QED) is 0.502. The minimum Gasteiger partial charge on any atom is -0.474 e. The Labute approximate surface area is 107 Å². The highest BCUT2D eigenvalue weighted by Crippen LogP contribution is 2.24. The van der Waals surface area contributed by atoms with Crippen molar-refractivity contribution >= 4 is 5.78 Å². The predicted octanol–water partition coefficient (Wildman–Crippen LogP) is 3.30. The lowest BCUT2D eigenvalue weighted by Crippen LogP contribution is -2.01. The molecule has 0 radical (unpaired) electrons. The molecular formula is C15H17O3+. The zero-order valence-electron chi connectivity index (χ0n) is 10.5. The molecule has 1 aromatic carbocycles. The molecule has 0 aromatic heterocycles. The van der Waals surface area contributed by atoms with Gasteiger partial charge in [-0.15, -0.1) is 6.58 Å². The molecule has 0 fully saturated rings. The third kappa shape index (κ3) is 2.45. The fourth-order valence-electron chi connectivity index (χ4n) is 2.06. The first kappa shape index (κ1) is 12.4. The van der Waals surface area contributed by atoms with Gasteiger partial charge < -0.3 is 9.84 Å². The summed E-state index contributed by atoms with van der Waals surface area (Å²) >= 11 is 0. The van der Waals surface area contributed by atoms with E-state index in [2.05, 4.69) is 12.6 Å². The Kier molecular flexibility index (Phi) is 3.82. The normalized spacial score (nSPS) is 17.3. The minimum absolute atomic E-state index is 0.133. The molecule has 0 saturated heterocycles. The summed E-state index contributed by atoms with van der Waals surface area (Å²) in [5.74, 6) is 1.25. The molecule has 2 rings (SSSR count). The molecule has 94 valence electrons. The fourth-order valence-corrected chi connectivity index (χ4v) is 2.06. The Hall–Kier alpha value is -2.03. The number of aliphatic hydroxyl groups excluding tert-OH is 1. The van der Waals surface area contributed by atoms with Gasteiger partial charge >= 0.3 is 17.5 Å². The highest BCUT2D eigenvalue weighted by molar-refractivity contribution is 5.99. The van der Waals surface area contributed by atoms with Crippen LogP contribution in [0.1, 0.15) is 28.4 Å². The third-order valence-electron chi connectivity index (χ3n) is 2.94. The molecule has 0 bridgehead atoms. The molecule has 1 aliphatic heterocycles. The van der Waals surface area contributed by atoms with E-state index in [1.807, 2.05) is 24.3 Å². The first-order valence-corrected chi connectivity index (χ1v) is 5.95. The van der Waals surface area contributed by atoms with Crippen molar-refractivity contribution in [1.82, 2.24) is 0 Å². The Balaban J connectivity index is 2.36. The molecule has 0 atom stereocenters. The van der Waals surface area contributed by atoms with Gasteiger partial charge in [0.1, 0.15) is 0 Å². The van der Waals surface area contributed by atoms with Crippen molar-refractivity contribution in [1.29, 1.82) is 0 Å². The van der Waals surface area contributed by atoms with E-state index in [-0.39, 0.29) is 5.95 Å². The molecule has 0 saturated carbocycles. The van der Waals surface area contributed by atoms with E-state index in [9.17, 15) is 5.11 Å². The summed E-state index contributed by atoms with van der Waals surface area (Å²) in [6.07, 6.45) is 4.12. The number of hydrogen-bond acceptors (Lipinski definition) is 2. The van der Waals surface area contributed by atoms with Crippen molar-refractivity contribution in [2.45, 2.75) is 19.3 Å². The molecule has 3 heteroatoms. The number of ketones is 1. The molecule has 0 unspecified atom stereocenters. The van der Waals surface area contributed by atoms with E-state index >= 15 is 0 Å². The van der Waals surface area contributed by atoms with Crippen molar-refractivity contribution in [3.63, 3.8) is 0 Å². The molecule has 1 aromatic rings. The van der Waals surface area contributed by atoms with Crippen LogP contribution in [-0.2, 0) is 11.2 Å². The van der Waals surface area contributed by atoms with Gasteiger partial charge in [0.15, 0.2) is 0 Å². The molecule has 18 heavy (non-hydrogen) atoms. The van der Waals surface area contributed by atoms with E-state index in [0.29, 0.717) is 12.2 Å². The zero-order chi connectivity index (χ0) is 13.0. The predicted molar refractivity (Wildman–Crippen MR) is 70.6 cm³/mol. The summed E-state index contributed by atoms with van der Waals surface area (Å²) in [5.41, 5.74) is 2.26. The first-order chi connectivity index (χ1) is 8.76. The molecule has 1 N–H and O–H groups in total. The molecule has 3 nitrogen and oxygen atoms in total. The van der Waals surface area contributed by atoms with Crippen LogP contribution in [0.5, 0.6) is 0 Å². The summed E-state index contributed by atoms with van der Waals surface area (Å²) in [6.45, 7) is 3.76. The van der Waals surface area contributed by atoms with Gasteiger partial charge in [-0.05, 0) is 18.1 Å². The fraction of sp³-hybridized carbons (Fsp3) is 0.267. The maximum atomic E-state index is 9.50. The average molecular weight is 245 g/mol. The molecule has 0 spiro atoms. The van der Waals surface area contributed by atoms with Crippen LogP contribution in [0.15, 0.2) is 48.6 Å². The van der Waals surface area contributed by atoms with Crippen molar-refractivity contribution in [2.75, 3.05) is 7.11 Å². The van der Waals surface area contributed by atoms with E-state index in [1.165, 1.54) is 12.7 Å². The third-order valence-corrected chi connectivity index (χ3v) is 2.94. The second-order valence-corrected chi connectivity index (χ2v) is 4.11. The number of allylic oxidation sites excluding steroid dienone is 2. The summed E-state index contributed by atoms with van der Waals surface area (Å²) in [4.78, 5) is 0. The minimum atomic E-state index is -0.133. The van der Waals surface area contributed by atoms with E-state index in [4.69, 9.17) is 9.16 Å². The summed E-state index contributed by atoms with van der Waals surface area (Å²) < 4.78 is 10.5. The Morgan fingerprint density at radius 2 is 2.22 bits per heavy atom. The molecular weight excluding hydrogens is 228 g/mol. The van der Waals surface area contributed by atoms with Gasteiger partial charge in [-0.2, -0.15) is 0 Å². The summed E-state index contributed by atoms with van der Waals surface area (Å²) in [5, 5.41) is 9.50. The lowest BCUT2D eigenvalue weighted by atomic mass is 9.99. The van der Waals surface area contributed by atoms with Gasteiger partial charge in [-0.3, -0.25) is 0 Å². The van der Waals surface area contributed by atoms with Gasteiger partial charge in [0.25, 0.3) is 0 Å². The van der Waals surface area contributed by atoms with Crippen LogP contribution in [0.4, 0.5) is 0 Å². The van der Waals surface area contributed by atoms with E-state index in [1.54, 1.807) is 0 Å². The van der Waals surface area contributed by atoms with Crippen LogP contribution in [0, 0.1) is 0 Å². The molecule has 1 aliphatic rings. The van der Waals surface area contributed by atoms with E-state index < -0.39 is 0 Å². The SMILES string of the molecule is C=CCc1ccccc1C1=[O+]/C(=C(\O)OC)CC1. The van der Waals surface area contributed by atoms with Crippen LogP contribution in [-0.4, -0.2) is 18.0 Å². The maximum Gasteiger partial charge on any atom is 0.409 e. The highest BCUT2D eigenvalue weighted by Gasteiger charge is 2.33.